The molecule has 0 saturated heterocycles. The van der Waals surface area contributed by atoms with Crippen molar-refractivity contribution >= 4 is 11.7 Å². The highest BCUT2D eigenvalue weighted by atomic mass is 16.5. The van der Waals surface area contributed by atoms with Gasteiger partial charge in [0.05, 0.1) is 14.2 Å². The van der Waals surface area contributed by atoms with Gasteiger partial charge in [0.2, 0.25) is 0 Å². The second-order valence-electron chi connectivity index (χ2n) is 5.61. The summed E-state index contributed by atoms with van der Waals surface area (Å²) in [7, 11) is 3.10. The molecular formula is C16H23NO3. The first-order chi connectivity index (χ1) is 9.59. The van der Waals surface area contributed by atoms with Crippen molar-refractivity contribution in [3.63, 3.8) is 0 Å². The van der Waals surface area contributed by atoms with E-state index in [1.807, 2.05) is 24.3 Å². The van der Waals surface area contributed by atoms with E-state index in [4.69, 9.17) is 9.47 Å². The quantitative estimate of drug-likeness (QED) is 0.858. The molecule has 0 unspecified atom stereocenters. The molecule has 0 amide bonds. The molecule has 1 aliphatic rings. The Bertz CT molecular complexity index is 447. The summed E-state index contributed by atoms with van der Waals surface area (Å²) in [5.74, 6) is 1.31. The SMILES string of the molecule is COC(=O)C1(Nc2ccc(OC)cc2)CCC(C)CC1. The maximum Gasteiger partial charge on any atom is 0.331 e. The minimum Gasteiger partial charge on any atom is -0.497 e. The number of carbonyl (C=O) groups excluding carboxylic acids is 1. The lowest BCUT2D eigenvalue weighted by Crippen LogP contribution is -2.49. The summed E-state index contributed by atoms with van der Waals surface area (Å²) in [6, 6.07) is 7.64. The molecule has 2 rings (SSSR count). The Labute approximate surface area is 120 Å². The molecule has 110 valence electrons. The highest BCUT2D eigenvalue weighted by Crippen LogP contribution is 2.35. The lowest BCUT2D eigenvalue weighted by molar-refractivity contribution is -0.147. The predicted molar refractivity (Wildman–Crippen MR) is 79.0 cm³/mol. The van der Waals surface area contributed by atoms with Gasteiger partial charge in [0.1, 0.15) is 11.3 Å². The molecule has 0 aliphatic heterocycles. The second-order valence-corrected chi connectivity index (χ2v) is 5.61. The number of carbonyl (C=O) groups is 1. The Balaban J connectivity index is 2.17. The average molecular weight is 277 g/mol. The smallest absolute Gasteiger partial charge is 0.331 e. The van der Waals surface area contributed by atoms with Crippen LogP contribution in [0.1, 0.15) is 32.6 Å². The van der Waals surface area contributed by atoms with E-state index >= 15 is 0 Å². The largest absolute Gasteiger partial charge is 0.497 e. The number of hydrogen-bond acceptors (Lipinski definition) is 4. The first-order valence-electron chi connectivity index (χ1n) is 7.10. The molecule has 0 radical (unpaired) electrons. The van der Waals surface area contributed by atoms with Crippen LogP contribution in [0.15, 0.2) is 24.3 Å². The van der Waals surface area contributed by atoms with Crippen molar-refractivity contribution in [3.8, 4) is 5.75 Å². The van der Waals surface area contributed by atoms with Crippen LogP contribution in [0.3, 0.4) is 0 Å². The number of anilines is 1. The molecule has 1 aliphatic carbocycles. The lowest BCUT2D eigenvalue weighted by atomic mass is 9.77. The molecule has 1 aromatic rings. The van der Waals surface area contributed by atoms with Crippen LogP contribution < -0.4 is 10.1 Å². The van der Waals surface area contributed by atoms with E-state index in [1.165, 1.54) is 7.11 Å². The maximum absolute atomic E-state index is 12.2. The van der Waals surface area contributed by atoms with Crippen LogP contribution in [0.25, 0.3) is 0 Å². The zero-order chi connectivity index (χ0) is 14.6. The van der Waals surface area contributed by atoms with E-state index in [0.717, 1.165) is 37.1 Å². The Morgan fingerprint density at radius 3 is 2.30 bits per heavy atom. The van der Waals surface area contributed by atoms with Crippen LogP contribution in [0, 0.1) is 5.92 Å². The topological polar surface area (TPSA) is 47.6 Å². The zero-order valence-corrected chi connectivity index (χ0v) is 12.4. The standard InChI is InChI=1S/C16H23NO3/c1-12-8-10-16(11-9-12,15(18)20-3)17-13-4-6-14(19-2)7-5-13/h4-7,12,17H,8-11H2,1-3H3. The van der Waals surface area contributed by atoms with Crippen molar-refractivity contribution < 1.29 is 14.3 Å². The van der Waals surface area contributed by atoms with Gasteiger partial charge in [-0.1, -0.05) is 6.92 Å². The van der Waals surface area contributed by atoms with Gasteiger partial charge in [-0.25, -0.2) is 4.79 Å². The number of nitrogens with one attached hydrogen (secondary N) is 1. The van der Waals surface area contributed by atoms with E-state index in [1.54, 1.807) is 7.11 Å². The van der Waals surface area contributed by atoms with Gasteiger partial charge in [0.15, 0.2) is 0 Å². The summed E-state index contributed by atoms with van der Waals surface area (Å²) in [6.45, 7) is 2.23. The first kappa shape index (κ1) is 14.7. The van der Waals surface area contributed by atoms with Crippen LogP contribution in [0.4, 0.5) is 5.69 Å². The van der Waals surface area contributed by atoms with E-state index in [0.29, 0.717) is 5.92 Å². The molecule has 4 heteroatoms. The third-order valence-corrected chi connectivity index (χ3v) is 4.18. The van der Waals surface area contributed by atoms with Gasteiger partial charge >= 0.3 is 5.97 Å². The van der Waals surface area contributed by atoms with Gasteiger partial charge in [0.25, 0.3) is 0 Å². The fourth-order valence-electron chi connectivity index (χ4n) is 2.78. The Morgan fingerprint density at radius 2 is 1.80 bits per heavy atom. The lowest BCUT2D eigenvalue weighted by Gasteiger charge is -2.38. The van der Waals surface area contributed by atoms with E-state index in [-0.39, 0.29) is 5.97 Å². The third-order valence-electron chi connectivity index (χ3n) is 4.18. The van der Waals surface area contributed by atoms with Crippen LogP contribution in [-0.4, -0.2) is 25.7 Å². The molecule has 1 N–H and O–H groups in total. The summed E-state index contributed by atoms with van der Waals surface area (Å²) in [6.07, 6.45) is 3.70. The molecule has 4 nitrogen and oxygen atoms in total. The van der Waals surface area contributed by atoms with Gasteiger partial charge < -0.3 is 14.8 Å². The minimum absolute atomic E-state index is 0.166. The van der Waals surface area contributed by atoms with Gasteiger partial charge in [-0.05, 0) is 55.9 Å². The van der Waals surface area contributed by atoms with Crippen molar-refractivity contribution in [3.05, 3.63) is 24.3 Å². The summed E-state index contributed by atoms with van der Waals surface area (Å²) >= 11 is 0. The number of esters is 1. The third kappa shape index (κ3) is 3.06. The summed E-state index contributed by atoms with van der Waals surface area (Å²) in [5, 5.41) is 3.39. The van der Waals surface area contributed by atoms with Crippen molar-refractivity contribution in [1.29, 1.82) is 0 Å². The number of methoxy groups -OCH3 is 2. The van der Waals surface area contributed by atoms with Crippen molar-refractivity contribution in [1.82, 2.24) is 0 Å². The number of hydrogen-bond donors (Lipinski definition) is 1. The van der Waals surface area contributed by atoms with Crippen LogP contribution in [0.2, 0.25) is 0 Å². The molecule has 20 heavy (non-hydrogen) atoms. The summed E-state index contributed by atoms with van der Waals surface area (Å²) in [5.41, 5.74) is 0.335. The highest BCUT2D eigenvalue weighted by Gasteiger charge is 2.42. The molecule has 0 atom stereocenters. The first-order valence-corrected chi connectivity index (χ1v) is 7.10. The molecule has 0 spiro atoms. The number of benzene rings is 1. The normalized spacial score (nSPS) is 25.9. The van der Waals surface area contributed by atoms with Gasteiger partial charge in [-0.15, -0.1) is 0 Å². The Hall–Kier alpha value is -1.71. The molecular weight excluding hydrogens is 254 g/mol. The van der Waals surface area contributed by atoms with Gasteiger partial charge in [-0.2, -0.15) is 0 Å². The maximum atomic E-state index is 12.2. The number of ether oxygens (including phenoxy) is 2. The van der Waals surface area contributed by atoms with Gasteiger partial charge in [0, 0.05) is 5.69 Å². The van der Waals surface area contributed by atoms with Crippen LogP contribution in [0.5, 0.6) is 5.75 Å². The molecule has 0 bridgehead atoms. The average Bonchev–Trinajstić information content (AvgIpc) is 2.49. The zero-order valence-electron chi connectivity index (χ0n) is 12.4. The number of rotatable bonds is 4. The van der Waals surface area contributed by atoms with Crippen molar-refractivity contribution in [2.45, 2.75) is 38.1 Å². The summed E-state index contributed by atoms with van der Waals surface area (Å²) < 4.78 is 10.2. The Kier molecular flexibility index (Phi) is 4.53. The molecule has 1 fully saturated rings. The molecule has 0 heterocycles. The van der Waals surface area contributed by atoms with E-state index in [2.05, 4.69) is 12.2 Å². The van der Waals surface area contributed by atoms with Crippen molar-refractivity contribution in [2.75, 3.05) is 19.5 Å². The molecule has 1 saturated carbocycles. The molecule has 1 aromatic carbocycles. The van der Waals surface area contributed by atoms with Crippen LogP contribution in [-0.2, 0) is 9.53 Å². The predicted octanol–water partition coefficient (Wildman–Crippen LogP) is 3.23. The van der Waals surface area contributed by atoms with Crippen LogP contribution >= 0.6 is 0 Å². The fraction of sp³-hybridized carbons (Fsp3) is 0.562. The second kappa shape index (κ2) is 6.16. The van der Waals surface area contributed by atoms with E-state index < -0.39 is 5.54 Å². The minimum atomic E-state index is -0.587. The van der Waals surface area contributed by atoms with E-state index in [9.17, 15) is 4.79 Å². The molecule has 0 aromatic heterocycles. The van der Waals surface area contributed by atoms with Crippen molar-refractivity contribution in [2.24, 2.45) is 5.92 Å². The monoisotopic (exact) mass is 277 g/mol. The fourth-order valence-corrected chi connectivity index (χ4v) is 2.78. The Morgan fingerprint density at radius 1 is 1.20 bits per heavy atom. The highest BCUT2D eigenvalue weighted by molar-refractivity contribution is 5.84. The summed E-state index contributed by atoms with van der Waals surface area (Å²) in [4.78, 5) is 12.2. The van der Waals surface area contributed by atoms with Gasteiger partial charge in [-0.3, -0.25) is 0 Å².